The van der Waals surface area contributed by atoms with Crippen LogP contribution in [0.1, 0.15) is 45.7 Å². The van der Waals surface area contributed by atoms with Crippen molar-refractivity contribution in [3.63, 3.8) is 0 Å². The van der Waals surface area contributed by atoms with Gasteiger partial charge in [0.25, 0.3) is 10.0 Å². The lowest BCUT2D eigenvalue weighted by Crippen LogP contribution is -2.37. The molecule has 0 aliphatic heterocycles. The van der Waals surface area contributed by atoms with Crippen molar-refractivity contribution in [1.82, 2.24) is 0 Å². The van der Waals surface area contributed by atoms with Gasteiger partial charge in [-0.15, -0.1) is 0 Å². The second-order valence-corrected chi connectivity index (χ2v) is 11.1. The number of nitrogens with zero attached hydrogens (tertiary/aromatic N) is 1. The summed E-state index contributed by atoms with van der Waals surface area (Å²) in [6.07, 6.45) is -4.73. The Hall–Kier alpha value is -4.58. The van der Waals surface area contributed by atoms with E-state index in [1.165, 1.54) is 48.5 Å². The van der Waals surface area contributed by atoms with Crippen LogP contribution >= 0.6 is 0 Å². The molecule has 0 fully saturated rings. The molecule has 0 bridgehead atoms. The Morgan fingerprint density at radius 3 is 2.17 bits per heavy atom. The first-order valence-corrected chi connectivity index (χ1v) is 13.6. The monoisotopic (exact) mass is 587 g/mol. The fourth-order valence-electron chi connectivity index (χ4n) is 4.42. The second-order valence-electron chi connectivity index (χ2n) is 9.33. The summed E-state index contributed by atoms with van der Waals surface area (Å²) in [5, 5.41) is 19.4. The third-order valence-electron chi connectivity index (χ3n) is 6.22. The molecule has 214 valence electrons. The maximum atomic E-state index is 13.6. The summed E-state index contributed by atoms with van der Waals surface area (Å²) in [7, 11) is -4.19. The number of hydrogen-bond donors (Lipinski definition) is 2. The number of aromatic carboxylic acids is 2. The topological polar surface area (TPSA) is 121 Å². The van der Waals surface area contributed by atoms with Crippen molar-refractivity contribution in [3.8, 4) is 5.75 Å². The molecule has 12 heteroatoms. The third-order valence-corrected chi connectivity index (χ3v) is 8.22. The number of ether oxygens (including phenoxy) is 1. The Kier molecular flexibility index (Phi) is 7.98. The number of anilines is 1. The highest BCUT2D eigenvalue weighted by Gasteiger charge is 2.34. The van der Waals surface area contributed by atoms with Crippen LogP contribution in [-0.2, 0) is 22.8 Å². The molecular formula is C29H24F3NO7S. The Balaban J connectivity index is 1.77. The summed E-state index contributed by atoms with van der Waals surface area (Å²) >= 11 is 0. The van der Waals surface area contributed by atoms with Crippen molar-refractivity contribution >= 4 is 38.4 Å². The molecule has 0 aliphatic carbocycles. The zero-order valence-corrected chi connectivity index (χ0v) is 22.5. The van der Waals surface area contributed by atoms with Gasteiger partial charge in [-0.1, -0.05) is 36.4 Å². The van der Waals surface area contributed by atoms with E-state index in [0.29, 0.717) is 10.9 Å². The van der Waals surface area contributed by atoms with Crippen molar-refractivity contribution < 1.29 is 46.1 Å². The molecule has 4 aromatic carbocycles. The zero-order chi connectivity index (χ0) is 30.1. The molecule has 0 unspecified atom stereocenters. The third kappa shape index (κ3) is 5.97. The molecule has 0 atom stereocenters. The van der Waals surface area contributed by atoms with Crippen molar-refractivity contribution in [2.45, 2.75) is 37.6 Å². The second kappa shape index (κ2) is 11.1. The Bertz CT molecular complexity index is 1740. The van der Waals surface area contributed by atoms with E-state index in [2.05, 4.69) is 0 Å². The Labute approximate surface area is 233 Å². The maximum absolute atomic E-state index is 13.6. The number of carboxylic acids is 2. The number of rotatable bonds is 9. The number of alkyl halides is 3. The Morgan fingerprint density at radius 2 is 1.59 bits per heavy atom. The van der Waals surface area contributed by atoms with E-state index in [4.69, 9.17) is 4.74 Å². The van der Waals surface area contributed by atoms with E-state index >= 15 is 0 Å². The average Bonchev–Trinajstić information content (AvgIpc) is 2.91. The predicted molar refractivity (Wildman–Crippen MR) is 145 cm³/mol. The number of sulfonamides is 1. The van der Waals surface area contributed by atoms with Crippen molar-refractivity contribution in [2.24, 2.45) is 0 Å². The molecule has 0 saturated carbocycles. The summed E-state index contributed by atoms with van der Waals surface area (Å²) in [6, 6.07) is 16.2. The molecule has 0 aliphatic rings. The number of halogens is 3. The van der Waals surface area contributed by atoms with Gasteiger partial charge in [-0.2, -0.15) is 13.2 Å². The molecule has 4 aromatic rings. The molecule has 0 aromatic heterocycles. The van der Waals surface area contributed by atoms with Crippen LogP contribution in [0.4, 0.5) is 18.9 Å². The van der Waals surface area contributed by atoms with E-state index in [0.717, 1.165) is 28.6 Å². The molecule has 2 N–H and O–H groups in total. The first-order chi connectivity index (χ1) is 19.2. The van der Waals surface area contributed by atoms with Gasteiger partial charge in [0.05, 0.1) is 27.3 Å². The van der Waals surface area contributed by atoms with Crippen LogP contribution in [0.3, 0.4) is 0 Å². The van der Waals surface area contributed by atoms with E-state index in [-0.39, 0.29) is 28.3 Å². The maximum Gasteiger partial charge on any atom is 0.416 e. The van der Waals surface area contributed by atoms with Gasteiger partial charge in [0.15, 0.2) is 0 Å². The molecule has 0 heterocycles. The molecule has 8 nitrogen and oxygen atoms in total. The lowest BCUT2D eigenvalue weighted by molar-refractivity contribution is -0.137. The summed E-state index contributed by atoms with van der Waals surface area (Å²) in [6.45, 7) is 2.86. The average molecular weight is 588 g/mol. The predicted octanol–water partition coefficient (Wildman–Crippen LogP) is 6.44. The van der Waals surface area contributed by atoms with E-state index < -0.39 is 50.9 Å². The standard InChI is InChI=1S/C29H24F3NO7S/c1-17(2)33(41(38,39)21-6-4-3-5-7-21)24-13-10-20(29(30,31)32)15-25(24)40-16-18-8-11-22-19(14-18)9-12-23(27(34)35)26(22)28(36)37/h3-15,17H,16H2,1-2H3,(H,34,35)(H,36,37). The number of fused-ring (bicyclic) bond motifs is 1. The summed E-state index contributed by atoms with van der Waals surface area (Å²) < 4.78 is 74.7. The smallest absolute Gasteiger partial charge is 0.416 e. The first kappa shape index (κ1) is 29.4. The minimum Gasteiger partial charge on any atom is -0.487 e. The lowest BCUT2D eigenvalue weighted by Gasteiger charge is -2.30. The summed E-state index contributed by atoms with van der Waals surface area (Å²) in [4.78, 5) is 23.2. The van der Waals surface area contributed by atoms with E-state index in [9.17, 15) is 41.4 Å². The van der Waals surface area contributed by atoms with Crippen LogP contribution < -0.4 is 9.04 Å². The van der Waals surface area contributed by atoms with Crippen LogP contribution in [0.2, 0.25) is 0 Å². The quantitative estimate of drug-likeness (QED) is 0.231. The fraction of sp³-hybridized carbons (Fsp3) is 0.172. The molecule has 0 spiro atoms. The van der Waals surface area contributed by atoms with Gasteiger partial charge in [0.2, 0.25) is 0 Å². The number of carbonyl (C=O) groups is 2. The lowest BCUT2D eigenvalue weighted by atomic mass is 9.97. The molecule has 41 heavy (non-hydrogen) atoms. The van der Waals surface area contributed by atoms with Crippen LogP contribution in [0.5, 0.6) is 5.75 Å². The largest absolute Gasteiger partial charge is 0.487 e. The van der Waals surface area contributed by atoms with Crippen LogP contribution in [0, 0.1) is 0 Å². The highest BCUT2D eigenvalue weighted by Crippen LogP contribution is 2.40. The van der Waals surface area contributed by atoms with E-state index in [1.807, 2.05) is 0 Å². The Morgan fingerprint density at radius 1 is 0.902 bits per heavy atom. The minimum atomic E-state index is -4.73. The summed E-state index contributed by atoms with van der Waals surface area (Å²) in [5.74, 6) is -3.17. The van der Waals surface area contributed by atoms with E-state index in [1.54, 1.807) is 19.9 Å². The van der Waals surface area contributed by atoms with Crippen molar-refractivity contribution in [3.05, 3.63) is 101 Å². The van der Waals surface area contributed by atoms with Crippen LogP contribution in [0.15, 0.2) is 83.8 Å². The van der Waals surface area contributed by atoms with Crippen LogP contribution in [-0.4, -0.2) is 36.6 Å². The molecule has 0 saturated heterocycles. The van der Waals surface area contributed by atoms with Gasteiger partial charge in [0.1, 0.15) is 12.4 Å². The van der Waals surface area contributed by atoms with Crippen molar-refractivity contribution in [2.75, 3.05) is 4.31 Å². The molecule has 0 radical (unpaired) electrons. The normalized spacial score (nSPS) is 12.0. The molecule has 0 amide bonds. The van der Waals surface area contributed by atoms with Gasteiger partial charge in [-0.05, 0) is 72.6 Å². The first-order valence-electron chi connectivity index (χ1n) is 12.2. The molecule has 4 rings (SSSR count). The van der Waals surface area contributed by atoms with Crippen molar-refractivity contribution in [1.29, 1.82) is 0 Å². The molecular weight excluding hydrogens is 563 g/mol. The zero-order valence-electron chi connectivity index (χ0n) is 21.7. The number of hydrogen-bond acceptors (Lipinski definition) is 5. The van der Waals surface area contributed by atoms with Crippen LogP contribution in [0.25, 0.3) is 10.8 Å². The SMILES string of the molecule is CC(C)N(c1ccc(C(F)(F)F)cc1OCc1ccc2c(C(=O)O)c(C(=O)O)ccc2c1)S(=O)(=O)c1ccccc1. The van der Waals surface area contributed by atoms with Gasteiger partial charge >= 0.3 is 18.1 Å². The number of carboxylic acid groups (broad SMARTS) is 2. The van der Waals surface area contributed by atoms with Gasteiger partial charge in [-0.3, -0.25) is 4.31 Å². The fourth-order valence-corrected chi connectivity index (χ4v) is 6.11. The van der Waals surface area contributed by atoms with Gasteiger partial charge in [0, 0.05) is 6.04 Å². The minimum absolute atomic E-state index is 0.0518. The number of benzene rings is 4. The van der Waals surface area contributed by atoms with Gasteiger partial charge in [-0.25, -0.2) is 18.0 Å². The highest BCUT2D eigenvalue weighted by molar-refractivity contribution is 7.92. The van der Waals surface area contributed by atoms with Gasteiger partial charge < -0.3 is 14.9 Å². The summed E-state index contributed by atoms with van der Waals surface area (Å²) in [5.41, 5.74) is -1.51. The highest BCUT2D eigenvalue weighted by atomic mass is 32.2.